The van der Waals surface area contributed by atoms with Crippen molar-refractivity contribution in [2.24, 2.45) is 9.98 Å². The van der Waals surface area contributed by atoms with Crippen LogP contribution in [-0.4, -0.2) is 11.4 Å². The van der Waals surface area contributed by atoms with Crippen LogP contribution in [0.5, 0.6) is 0 Å². The lowest BCUT2D eigenvalue weighted by Gasteiger charge is -2.16. The van der Waals surface area contributed by atoms with Gasteiger partial charge in [-0.05, 0) is 107 Å². The highest BCUT2D eigenvalue weighted by atomic mass is 19.4. The number of nitrogens with zero attached hydrogens (tertiary/aromatic N) is 4. The molecule has 10 heteroatoms. The second kappa shape index (κ2) is 13.0. The summed E-state index contributed by atoms with van der Waals surface area (Å²) in [5.41, 5.74) is 8.90. The molecule has 4 nitrogen and oxygen atoms in total. The zero-order valence-corrected chi connectivity index (χ0v) is 28.0. The SMILES string of the molecule is CC/C(CC#N)=C1\C2=C(CC/C(C)=C3\C(=NC#N)c4cc(-c5cccc(C(F)(F)F)c5)ccc4C3=N2)c2ccc(-c3cccc(C(F)(F)F)c3)cc21. The minimum Gasteiger partial charge on any atom is -0.247 e. The van der Waals surface area contributed by atoms with Crippen LogP contribution in [0.3, 0.4) is 0 Å². The first-order valence-electron chi connectivity index (χ1n) is 16.6. The molecule has 4 aromatic rings. The Labute approximate surface area is 296 Å². The van der Waals surface area contributed by atoms with E-state index in [2.05, 4.69) is 11.1 Å². The second-order valence-electron chi connectivity index (χ2n) is 12.8. The summed E-state index contributed by atoms with van der Waals surface area (Å²) in [5.74, 6) is 0. The lowest BCUT2D eigenvalue weighted by molar-refractivity contribution is -0.138. The maximum atomic E-state index is 13.6. The fourth-order valence-corrected chi connectivity index (χ4v) is 7.31. The van der Waals surface area contributed by atoms with Crippen LogP contribution in [-0.2, 0) is 12.4 Å². The lowest BCUT2D eigenvalue weighted by Crippen LogP contribution is -2.09. The van der Waals surface area contributed by atoms with E-state index in [4.69, 9.17) is 4.99 Å². The minimum absolute atomic E-state index is 0.112. The van der Waals surface area contributed by atoms with Crippen molar-refractivity contribution in [1.82, 2.24) is 0 Å². The van der Waals surface area contributed by atoms with Crippen molar-refractivity contribution in [3.63, 3.8) is 0 Å². The van der Waals surface area contributed by atoms with Crippen LogP contribution >= 0.6 is 0 Å². The predicted octanol–water partition coefficient (Wildman–Crippen LogP) is 11.7. The molecule has 7 rings (SSSR count). The molecule has 0 amide bonds. The average molecular weight is 703 g/mol. The van der Waals surface area contributed by atoms with E-state index in [0.717, 1.165) is 57.7 Å². The predicted molar refractivity (Wildman–Crippen MR) is 189 cm³/mol. The number of nitriles is 2. The fraction of sp³-hybridized carbons (Fsp3) is 0.190. The van der Waals surface area contributed by atoms with E-state index in [-0.39, 0.29) is 6.42 Å². The maximum Gasteiger partial charge on any atom is 0.416 e. The first kappa shape index (κ1) is 34.4. The monoisotopic (exact) mass is 702 g/mol. The second-order valence-corrected chi connectivity index (χ2v) is 12.8. The molecule has 0 saturated carbocycles. The topological polar surface area (TPSA) is 72.3 Å². The Bertz CT molecular complexity index is 2420. The Morgan fingerprint density at radius 3 is 1.87 bits per heavy atom. The molecule has 0 aromatic heterocycles. The molecule has 52 heavy (non-hydrogen) atoms. The molecule has 0 radical (unpaired) electrons. The number of benzene rings is 4. The summed E-state index contributed by atoms with van der Waals surface area (Å²) in [6.45, 7) is 3.89. The molecular weight excluding hydrogens is 674 g/mol. The van der Waals surface area contributed by atoms with Crippen LogP contribution in [0, 0.1) is 22.8 Å². The van der Waals surface area contributed by atoms with E-state index in [1.807, 2.05) is 32.2 Å². The Balaban J connectivity index is 1.42. The number of allylic oxidation sites excluding steroid dienone is 5. The van der Waals surface area contributed by atoms with E-state index in [9.17, 15) is 36.9 Å². The Morgan fingerprint density at radius 1 is 0.731 bits per heavy atom. The summed E-state index contributed by atoms with van der Waals surface area (Å²) in [6, 6.07) is 23.3. The number of hydrogen-bond donors (Lipinski definition) is 0. The van der Waals surface area contributed by atoms with Crippen LogP contribution in [0.25, 0.3) is 33.4 Å². The fourth-order valence-electron chi connectivity index (χ4n) is 7.31. The zero-order valence-electron chi connectivity index (χ0n) is 28.0. The summed E-state index contributed by atoms with van der Waals surface area (Å²) >= 11 is 0. The Hall–Kier alpha value is -6.00. The molecule has 0 fully saturated rings. The van der Waals surface area contributed by atoms with Crippen molar-refractivity contribution >= 4 is 22.6 Å². The highest BCUT2D eigenvalue weighted by molar-refractivity contribution is 6.44. The number of fused-ring (bicyclic) bond motifs is 5. The van der Waals surface area contributed by atoms with E-state index in [1.165, 1.54) is 12.1 Å². The van der Waals surface area contributed by atoms with Crippen LogP contribution < -0.4 is 0 Å². The first-order valence-corrected chi connectivity index (χ1v) is 16.6. The summed E-state index contributed by atoms with van der Waals surface area (Å²) in [4.78, 5) is 9.52. The smallest absolute Gasteiger partial charge is 0.247 e. The van der Waals surface area contributed by atoms with Gasteiger partial charge in [0.1, 0.15) is 0 Å². The molecule has 258 valence electrons. The number of rotatable bonds is 4. The van der Waals surface area contributed by atoms with Crippen LogP contribution in [0.15, 0.2) is 117 Å². The largest absolute Gasteiger partial charge is 0.416 e. The zero-order chi connectivity index (χ0) is 36.9. The number of aliphatic imine (C=N–C) groups is 2. The van der Waals surface area contributed by atoms with Crippen LogP contribution in [0.2, 0.25) is 0 Å². The van der Waals surface area contributed by atoms with Gasteiger partial charge in [-0.25, -0.2) is 4.99 Å². The molecule has 1 heterocycles. The molecule has 0 N–H and O–H groups in total. The Kier molecular flexibility index (Phi) is 8.58. The van der Waals surface area contributed by atoms with E-state index in [0.29, 0.717) is 75.3 Å². The minimum atomic E-state index is -4.52. The van der Waals surface area contributed by atoms with Crippen LogP contribution in [0.1, 0.15) is 72.9 Å². The van der Waals surface area contributed by atoms with Gasteiger partial charge < -0.3 is 0 Å². The van der Waals surface area contributed by atoms with Crippen LogP contribution in [0.4, 0.5) is 26.3 Å². The van der Waals surface area contributed by atoms with Gasteiger partial charge in [-0.15, -0.1) is 0 Å². The van der Waals surface area contributed by atoms with Crippen molar-refractivity contribution in [3.8, 4) is 34.5 Å². The van der Waals surface area contributed by atoms with Crippen molar-refractivity contribution < 1.29 is 26.3 Å². The molecule has 2 aliphatic carbocycles. The maximum absolute atomic E-state index is 13.6. The van der Waals surface area contributed by atoms with Gasteiger partial charge in [0.15, 0.2) is 0 Å². The molecule has 3 aliphatic rings. The van der Waals surface area contributed by atoms with Gasteiger partial charge in [-0.1, -0.05) is 61.0 Å². The summed E-state index contributed by atoms with van der Waals surface area (Å²) < 4.78 is 81.6. The van der Waals surface area contributed by atoms with E-state index >= 15 is 0 Å². The quantitative estimate of drug-likeness (QED) is 0.157. The van der Waals surface area contributed by atoms with Gasteiger partial charge in [0.2, 0.25) is 6.19 Å². The van der Waals surface area contributed by atoms with Crippen molar-refractivity contribution in [2.45, 2.75) is 51.9 Å². The van der Waals surface area contributed by atoms with Crippen molar-refractivity contribution in [1.29, 1.82) is 10.5 Å². The normalized spacial score (nSPS) is 18.4. The summed E-state index contributed by atoms with van der Waals surface area (Å²) in [5, 5.41) is 19.6. The van der Waals surface area contributed by atoms with Crippen molar-refractivity contribution in [3.05, 3.63) is 141 Å². The number of halogens is 6. The molecule has 1 aliphatic heterocycles. The first-order chi connectivity index (χ1) is 24.8. The third kappa shape index (κ3) is 5.94. The van der Waals surface area contributed by atoms with Gasteiger partial charge in [0.25, 0.3) is 0 Å². The number of alkyl halides is 6. The number of hydrogen-bond acceptors (Lipinski definition) is 4. The third-order valence-corrected chi connectivity index (χ3v) is 9.82. The van der Waals surface area contributed by atoms with E-state index in [1.54, 1.807) is 36.4 Å². The molecule has 0 unspecified atom stereocenters. The Morgan fingerprint density at radius 2 is 1.31 bits per heavy atom. The van der Waals surface area contributed by atoms with Gasteiger partial charge in [-0.3, -0.25) is 0 Å². The van der Waals surface area contributed by atoms with E-state index < -0.39 is 23.5 Å². The average Bonchev–Trinajstić information content (AvgIpc) is 3.58. The molecule has 0 bridgehead atoms. The van der Waals surface area contributed by atoms with Gasteiger partial charge in [-0.2, -0.15) is 41.9 Å². The highest BCUT2D eigenvalue weighted by Crippen LogP contribution is 2.50. The van der Waals surface area contributed by atoms with Gasteiger partial charge >= 0.3 is 12.4 Å². The molecular formula is C42H28F6N4. The molecule has 0 spiro atoms. The lowest BCUT2D eigenvalue weighted by atomic mass is 9.92. The summed E-state index contributed by atoms with van der Waals surface area (Å²) in [7, 11) is 0. The molecule has 4 aromatic carbocycles. The standard InChI is InChI=1S/C42H28F6N4/c1-3-24(16-17-49)37-34-20-27(25-6-4-8-29(18-25)41(43,44)45)11-14-31(34)32-13-10-23(2)36-38(51-22-50)35-21-28(12-15-33(35)39(36)52-40(32)37)26-7-5-9-30(19-26)42(46,47)48/h4-9,11-12,14-15,18-21H,3,10,13,16H2,1-2H3/b36-23+,37-24+,51-38?,52-39?. The highest BCUT2D eigenvalue weighted by Gasteiger charge is 2.37. The molecule has 0 saturated heterocycles. The van der Waals surface area contributed by atoms with Crippen molar-refractivity contribution in [2.75, 3.05) is 0 Å². The third-order valence-electron chi connectivity index (χ3n) is 9.82. The molecule has 0 atom stereocenters. The van der Waals surface area contributed by atoms with Gasteiger partial charge in [0.05, 0.1) is 40.7 Å². The van der Waals surface area contributed by atoms with Gasteiger partial charge in [0, 0.05) is 22.3 Å². The summed E-state index contributed by atoms with van der Waals surface area (Å²) in [6.07, 6.45) is -5.37.